The minimum absolute atomic E-state index is 0.150. The molecule has 2 aliphatic rings. The van der Waals surface area contributed by atoms with Crippen molar-refractivity contribution in [2.45, 2.75) is 31.8 Å². The van der Waals surface area contributed by atoms with Gasteiger partial charge in [0.05, 0.1) is 0 Å². The van der Waals surface area contributed by atoms with Gasteiger partial charge in [-0.25, -0.2) is 8.78 Å². The van der Waals surface area contributed by atoms with Gasteiger partial charge in [0.2, 0.25) is 0 Å². The van der Waals surface area contributed by atoms with Crippen molar-refractivity contribution in [1.82, 2.24) is 10.2 Å². The van der Waals surface area contributed by atoms with Gasteiger partial charge in [0.1, 0.15) is 17.3 Å². The Kier molecular flexibility index (Phi) is 4.40. The molecule has 0 bridgehead atoms. The lowest BCUT2D eigenvalue weighted by Crippen LogP contribution is -2.35. The van der Waals surface area contributed by atoms with Gasteiger partial charge >= 0.3 is 0 Å². The van der Waals surface area contributed by atoms with Crippen LogP contribution in [0, 0.1) is 11.6 Å². The average molecular weight is 295 g/mol. The SMILES string of the molecule is CNCc1cc(F)c(N2CCC(N3CCCC3)C2)c(F)c1. The van der Waals surface area contributed by atoms with Crippen molar-refractivity contribution in [3.8, 4) is 0 Å². The van der Waals surface area contributed by atoms with Crippen LogP contribution < -0.4 is 10.2 Å². The van der Waals surface area contributed by atoms with Crippen LogP contribution in [0.2, 0.25) is 0 Å². The third-order valence-corrected chi connectivity index (χ3v) is 4.59. The van der Waals surface area contributed by atoms with Crippen LogP contribution in [0.4, 0.5) is 14.5 Å². The van der Waals surface area contributed by atoms with E-state index in [1.807, 2.05) is 4.90 Å². The van der Waals surface area contributed by atoms with Crippen LogP contribution in [-0.2, 0) is 6.54 Å². The van der Waals surface area contributed by atoms with Gasteiger partial charge in [-0.15, -0.1) is 0 Å². The monoisotopic (exact) mass is 295 g/mol. The maximum absolute atomic E-state index is 14.3. The van der Waals surface area contributed by atoms with Gasteiger partial charge in [-0.2, -0.15) is 0 Å². The van der Waals surface area contributed by atoms with Gasteiger partial charge in [-0.05, 0) is 57.1 Å². The first kappa shape index (κ1) is 14.7. The molecule has 2 saturated heterocycles. The van der Waals surface area contributed by atoms with Gasteiger partial charge < -0.3 is 10.2 Å². The average Bonchev–Trinajstić information content (AvgIpc) is 3.08. The van der Waals surface area contributed by atoms with Crippen LogP contribution in [0.5, 0.6) is 0 Å². The van der Waals surface area contributed by atoms with Crippen LogP contribution in [0.15, 0.2) is 12.1 Å². The van der Waals surface area contributed by atoms with Crippen molar-refractivity contribution in [2.75, 3.05) is 38.1 Å². The van der Waals surface area contributed by atoms with Crippen LogP contribution in [0.3, 0.4) is 0 Å². The third kappa shape index (κ3) is 3.04. The molecule has 3 rings (SSSR count). The molecule has 0 saturated carbocycles. The van der Waals surface area contributed by atoms with Crippen LogP contribution >= 0.6 is 0 Å². The fourth-order valence-electron chi connectivity index (χ4n) is 3.58. The smallest absolute Gasteiger partial charge is 0.149 e. The lowest BCUT2D eigenvalue weighted by Gasteiger charge is -2.25. The second kappa shape index (κ2) is 6.28. The van der Waals surface area contributed by atoms with Crippen molar-refractivity contribution < 1.29 is 8.78 Å². The number of hydrogen-bond donors (Lipinski definition) is 1. The second-order valence-corrected chi connectivity index (χ2v) is 6.07. The van der Waals surface area contributed by atoms with Crippen molar-refractivity contribution in [3.63, 3.8) is 0 Å². The number of nitrogens with zero attached hydrogens (tertiary/aromatic N) is 2. The van der Waals surface area contributed by atoms with E-state index in [0.717, 1.165) is 32.6 Å². The Morgan fingerprint density at radius 3 is 2.43 bits per heavy atom. The number of likely N-dealkylation sites (tertiary alicyclic amines) is 1. The Balaban J connectivity index is 1.75. The summed E-state index contributed by atoms with van der Waals surface area (Å²) in [6.45, 7) is 4.21. The van der Waals surface area contributed by atoms with Crippen molar-refractivity contribution >= 4 is 5.69 Å². The molecule has 116 valence electrons. The number of halogens is 2. The highest BCUT2D eigenvalue weighted by Crippen LogP contribution is 2.30. The number of rotatable bonds is 4. The van der Waals surface area contributed by atoms with Gasteiger partial charge in [0, 0.05) is 25.7 Å². The van der Waals surface area contributed by atoms with E-state index in [2.05, 4.69) is 10.2 Å². The van der Waals surface area contributed by atoms with Crippen molar-refractivity contribution in [1.29, 1.82) is 0 Å². The number of hydrogen-bond acceptors (Lipinski definition) is 3. The standard InChI is InChI=1S/C16H23F2N3/c1-19-10-12-8-14(17)16(15(18)9-12)21-7-4-13(11-21)20-5-2-3-6-20/h8-9,13,19H,2-7,10-11H2,1H3. The normalized spacial score (nSPS) is 23.2. The van der Waals surface area contributed by atoms with Crippen molar-refractivity contribution in [2.24, 2.45) is 0 Å². The van der Waals surface area contributed by atoms with Gasteiger partial charge in [-0.3, -0.25) is 4.90 Å². The highest BCUT2D eigenvalue weighted by Gasteiger charge is 2.31. The lowest BCUT2D eigenvalue weighted by atomic mass is 10.1. The van der Waals surface area contributed by atoms with E-state index in [1.165, 1.54) is 25.0 Å². The predicted molar refractivity (Wildman–Crippen MR) is 80.5 cm³/mol. The van der Waals surface area contributed by atoms with E-state index in [0.29, 0.717) is 18.2 Å². The summed E-state index contributed by atoms with van der Waals surface area (Å²) in [6.07, 6.45) is 3.49. The van der Waals surface area contributed by atoms with Crippen LogP contribution in [0.25, 0.3) is 0 Å². The molecule has 1 unspecified atom stereocenters. The first-order chi connectivity index (χ1) is 10.2. The fraction of sp³-hybridized carbons (Fsp3) is 0.625. The Morgan fingerprint density at radius 2 is 1.81 bits per heavy atom. The Hall–Kier alpha value is -1.20. The number of anilines is 1. The summed E-state index contributed by atoms with van der Waals surface area (Å²) in [6, 6.07) is 3.33. The summed E-state index contributed by atoms with van der Waals surface area (Å²) in [5.41, 5.74) is 0.795. The fourth-order valence-corrected chi connectivity index (χ4v) is 3.58. The minimum Gasteiger partial charge on any atom is -0.365 e. The topological polar surface area (TPSA) is 18.5 Å². The highest BCUT2D eigenvalue weighted by molar-refractivity contribution is 5.52. The minimum atomic E-state index is -0.442. The zero-order valence-corrected chi connectivity index (χ0v) is 12.5. The van der Waals surface area contributed by atoms with Crippen LogP contribution in [-0.4, -0.2) is 44.2 Å². The summed E-state index contributed by atoms with van der Waals surface area (Å²) in [5.74, 6) is -0.885. The summed E-state index contributed by atoms with van der Waals surface area (Å²) < 4.78 is 28.5. The third-order valence-electron chi connectivity index (χ3n) is 4.59. The maximum atomic E-state index is 14.3. The number of nitrogens with one attached hydrogen (secondary N) is 1. The molecular weight excluding hydrogens is 272 g/mol. The van der Waals surface area contributed by atoms with E-state index in [4.69, 9.17) is 0 Å². The Morgan fingerprint density at radius 1 is 1.14 bits per heavy atom. The summed E-state index contributed by atoms with van der Waals surface area (Å²) in [7, 11) is 1.77. The largest absolute Gasteiger partial charge is 0.365 e. The summed E-state index contributed by atoms with van der Waals surface area (Å²) in [4.78, 5) is 4.34. The molecule has 2 aliphatic heterocycles. The molecule has 1 aromatic rings. The zero-order chi connectivity index (χ0) is 14.8. The van der Waals surface area contributed by atoms with E-state index < -0.39 is 11.6 Å². The molecule has 0 aromatic heterocycles. The van der Waals surface area contributed by atoms with Gasteiger partial charge in [0.15, 0.2) is 0 Å². The second-order valence-electron chi connectivity index (χ2n) is 6.07. The Labute approximate surface area is 124 Å². The molecule has 0 spiro atoms. The Bertz CT molecular complexity index is 477. The molecule has 0 radical (unpaired) electrons. The molecule has 2 fully saturated rings. The molecule has 1 N–H and O–H groups in total. The first-order valence-electron chi connectivity index (χ1n) is 7.80. The quantitative estimate of drug-likeness (QED) is 0.920. The molecule has 0 aliphatic carbocycles. The highest BCUT2D eigenvalue weighted by atomic mass is 19.1. The van der Waals surface area contributed by atoms with Crippen LogP contribution in [0.1, 0.15) is 24.8 Å². The van der Waals surface area contributed by atoms with Gasteiger partial charge in [0.25, 0.3) is 0 Å². The zero-order valence-electron chi connectivity index (χ0n) is 12.5. The lowest BCUT2D eigenvalue weighted by molar-refractivity contribution is 0.260. The molecule has 0 amide bonds. The van der Waals surface area contributed by atoms with E-state index in [1.54, 1.807) is 7.05 Å². The molecule has 5 heteroatoms. The summed E-state index contributed by atoms with van der Waals surface area (Å²) in [5, 5.41) is 2.92. The molecular formula is C16H23F2N3. The molecule has 2 heterocycles. The van der Waals surface area contributed by atoms with E-state index in [-0.39, 0.29) is 5.69 Å². The molecule has 1 atom stereocenters. The van der Waals surface area contributed by atoms with E-state index in [9.17, 15) is 8.78 Å². The summed E-state index contributed by atoms with van der Waals surface area (Å²) >= 11 is 0. The first-order valence-corrected chi connectivity index (χ1v) is 7.80. The van der Waals surface area contributed by atoms with E-state index >= 15 is 0 Å². The number of benzene rings is 1. The molecule has 21 heavy (non-hydrogen) atoms. The maximum Gasteiger partial charge on any atom is 0.149 e. The molecule has 1 aromatic carbocycles. The predicted octanol–water partition coefficient (Wildman–Crippen LogP) is 2.36. The van der Waals surface area contributed by atoms with Gasteiger partial charge in [-0.1, -0.05) is 0 Å². The van der Waals surface area contributed by atoms with Crippen molar-refractivity contribution in [3.05, 3.63) is 29.3 Å². The molecule has 3 nitrogen and oxygen atoms in total.